The van der Waals surface area contributed by atoms with Crippen molar-refractivity contribution < 1.29 is 23.1 Å². The molecule has 33 heavy (non-hydrogen) atoms. The minimum atomic E-state index is -3.95. The van der Waals surface area contributed by atoms with Crippen LogP contribution in [0.3, 0.4) is 0 Å². The van der Waals surface area contributed by atoms with Gasteiger partial charge >= 0.3 is 6.09 Å². The number of nitrogens with one attached hydrogen (secondary N) is 1. The molecule has 7 nitrogen and oxygen atoms in total. The average Bonchev–Trinajstić information content (AvgIpc) is 3.19. The number of rotatable bonds is 7. The van der Waals surface area contributed by atoms with Crippen LogP contribution in [0.4, 0.5) is 4.79 Å². The Hall–Kier alpha value is -3.33. The third kappa shape index (κ3) is 4.59. The van der Waals surface area contributed by atoms with E-state index in [1.807, 2.05) is 30.3 Å². The molecule has 0 aliphatic rings. The smallest absolute Gasteiger partial charge is 0.416 e. The van der Waals surface area contributed by atoms with E-state index < -0.39 is 16.1 Å². The monoisotopic (exact) mass is 484 g/mol. The van der Waals surface area contributed by atoms with Crippen LogP contribution in [0.1, 0.15) is 5.56 Å². The maximum absolute atomic E-state index is 13.0. The molecule has 0 saturated carbocycles. The lowest BCUT2D eigenvalue weighted by molar-refractivity contribution is 0.198. The van der Waals surface area contributed by atoms with Gasteiger partial charge in [-0.25, -0.2) is 22.5 Å². The van der Waals surface area contributed by atoms with Crippen molar-refractivity contribution in [1.82, 2.24) is 9.29 Å². The Balaban J connectivity index is 1.65. The molecule has 4 rings (SSSR count). The highest BCUT2D eigenvalue weighted by atomic mass is 35.5. The first kappa shape index (κ1) is 22.8. The summed E-state index contributed by atoms with van der Waals surface area (Å²) < 4.78 is 35.0. The zero-order valence-corrected chi connectivity index (χ0v) is 19.2. The number of benzene rings is 3. The molecule has 4 aromatic rings. The normalized spacial score (nSPS) is 11.6. The number of methoxy groups -OCH3 is 1. The van der Waals surface area contributed by atoms with Crippen LogP contribution in [0.15, 0.2) is 77.7 Å². The molecule has 0 atom stereocenters. The van der Waals surface area contributed by atoms with Crippen LogP contribution in [-0.2, 0) is 16.4 Å². The Morgan fingerprint density at radius 1 is 1.06 bits per heavy atom. The van der Waals surface area contributed by atoms with Crippen molar-refractivity contribution in [2.45, 2.75) is 11.3 Å². The van der Waals surface area contributed by atoms with Crippen LogP contribution < -0.4 is 9.46 Å². The summed E-state index contributed by atoms with van der Waals surface area (Å²) in [5.74, 6) is 0.679. The Kier molecular flexibility index (Phi) is 6.42. The summed E-state index contributed by atoms with van der Waals surface area (Å²) >= 11 is 6.23. The number of ether oxygens (including phenoxy) is 1. The molecule has 0 bridgehead atoms. The van der Waals surface area contributed by atoms with Gasteiger partial charge in [0.2, 0.25) is 10.0 Å². The van der Waals surface area contributed by atoms with Gasteiger partial charge in [-0.05, 0) is 42.3 Å². The second-order valence-electron chi connectivity index (χ2n) is 7.31. The Bertz CT molecular complexity index is 1450. The first-order chi connectivity index (χ1) is 15.8. The number of aromatic nitrogens is 1. The topological polar surface area (TPSA) is 97.6 Å². The zero-order chi connectivity index (χ0) is 23.6. The minimum Gasteiger partial charge on any atom is -0.496 e. The molecule has 170 valence electrons. The second kappa shape index (κ2) is 9.27. The van der Waals surface area contributed by atoms with Gasteiger partial charge in [0.05, 0.1) is 23.3 Å². The highest BCUT2D eigenvalue weighted by molar-refractivity contribution is 7.89. The quantitative estimate of drug-likeness (QED) is 0.384. The maximum atomic E-state index is 13.0. The van der Waals surface area contributed by atoms with Crippen LogP contribution in [0.5, 0.6) is 5.75 Å². The van der Waals surface area contributed by atoms with E-state index in [1.165, 1.54) is 12.1 Å². The standard InChI is InChI=1S/C24H21ClN2O5S/c1-32-22-9-5-3-6-16(22)12-13-26-33(30,31)23-15-18(10-11-19(23)25)21-14-17-7-2-4-8-20(17)27(21)24(28)29/h2-11,14-15,26H,12-13H2,1H3,(H,28,29). The summed E-state index contributed by atoms with van der Waals surface area (Å²) in [5, 5.41) is 10.5. The van der Waals surface area contributed by atoms with Gasteiger partial charge in [0.25, 0.3) is 0 Å². The highest BCUT2D eigenvalue weighted by Crippen LogP contribution is 2.32. The SMILES string of the molecule is COc1ccccc1CCNS(=O)(=O)c1cc(-c2cc3ccccc3n2C(=O)O)ccc1Cl. The first-order valence-electron chi connectivity index (χ1n) is 10.1. The van der Waals surface area contributed by atoms with E-state index in [4.69, 9.17) is 16.3 Å². The largest absolute Gasteiger partial charge is 0.496 e. The van der Waals surface area contributed by atoms with E-state index in [2.05, 4.69) is 4.72 Å². The molecule has 0 fully saturated rings. The first-order valence-corrected chi connectivity index (χ1v) is 11.9. The summed E-state index contributed by atoms with van der Waals surface area (Å²) in [5.41, 5.74) is 2.15. The fraction of sp³-hybridized carbons (Fsp3) is 0.125. The van der Waals surface area contributed by atoms with Crippen molar-refractivity contribution in [3.05, 3.63) is 83.4 Å². The van der Waals surface area contributed by atoms with Crippen LogP contribution in [0.2, 0.25) is 5.02 Å². The molecule has 3 aromatic carbocycles. The number of fused-ring (bicyclic) bond motifs is 1. The van der Waals surface area contributed by atoms with Gasteiger partial charge in [0, 0.05) is 17.5 Å². The molecular formula is C24H21ClN2O5S. The predicted octanol–water partition coefficient (Wildman–Crippen LogP) is 5.02. The van der Waals surface area contributed by atoms with Crippen molar-refractivity contribution in [3.63, 3.8) is 0 Å². The number of para-hydroxylation sites is 2. The van der Waals surface area contributed by atoms with E-state index in [1.54, 1.807) is 37.4 Å². The van der Waals surface area contributed by atoms with Gasteiger partial charge in [-0.15, -0.1) is 0 Å². The Morgan fingerprint density at radius 3 is 2.55 bits per heavy atom. The van der Waals surface area contributed by atoms with Crippen molar-refractivity contribution in [2.24, 2.45) is 0 Å². The van der Waals surface area contributed by atoms with Crippen LogP contribution in [0, 0.1) is 0 Å². The van der Waals surface area contributed by atoms with E-state index >= 15 is 0 Å². The number of hydrogen-bond donors (Lipinski definition) is 2. The van der Waals surface area contributed by atoms with Gasteiger partial charge in [-0.1, -0.05) is 54.1 Å². The van der Waals surface area contributed by atoms with E-state index in [-0.39, 0.29) is 16.5 Å². The molecule has 1 heterocycles. The second-order valence-corrected chi connectivity index (χ2v) is 9.45. The Labute approximate surface area is 196 Å². The lowest BCUT2D eigenvalue weighted by Crippen LogP contribution is -2.26. The van der Waals surface area contributed by atoms with Gasteiger partial charge in [0.1, 0.15) is 10.6 Å². The molecule has 9 heteroatoms. The van der Waals surface area contributed by atoms with E-state index in [9.17, 15) is 18.3 Å². The van der Waals surface area contributed by atoms with Crippen molar-refractivity contribution >= 4 is 38.6 Å². The average molecular weight is 485 g/mol. The molecule has 0 unspecified atom stereocenters. The van der Waals surface area contributed by atoms with Gasteiger partial charge in [-0.2, -0.15) is 0 Å². The van der Waals surface area contributed by atoms with Gasteiger partial charge in [-0.3, -0.25) is 0 Å². The number of halogens is 1. The lowest BCUT2D eigenvalue weighted by atomic mass is 10.1. The summed E-state index contributed by atoms with van der Waals surface area (Å²) in [7, 11) is -2.39. The maximum Gasteiger partial charge on any atom is 0.416 e. The molecule has 0 saturated heterocycles. The van der Waals surface area contributed by atoms with Crippen molar-refractivity contribution in [2.75, 3.05) is 13.7 Å². The fourth-order valence-electron chi connectivity index (χ4n) is 3.75. The summed E-state index contributed by atoms with van der Waals surface area (Å²) in [6, 6.07) is 20.6. The zero-order valence-electron chi connectivity index (χ0n) is 17.7. The molecule has 0 spiro atoms. The van der Waals surface area contributed by atoms with Gasteiger partial charge in [0.15, 0.2) is 0 Å². The van der Waals surface area contributed by atoms with Crippen molar-refractivity contribution in [3.8, 4) is 17.0 Å². The number of carbonyl (C=O) groups is 1. The van der Waals surface area contributed by atoms with Crippen LogP contribution in [-0.4, -0.2) is 37.8 Å². The number of hydrogen-bond acceptors (Lipinski definition) is 4. The molecular weight excluding hydrogens is 464 g/mol. The number of carboxylic acid groups (broad SMARTS) is 1. The third-order valence-electron chi connectivity index (χ3n) is 5.30. The number of sulfonamides is 1. The predicted molar refractivity (Wildman–Crippen MR) is 128 cm³/mol. The highest BCUT2D eigenvalue weighted by Gasteiger charge is 2.21. The van der Waals surface area contributed by atoms with Crippen LogP contribution >= 0.6 is 11.6 Å². The number of nitrogens with zero attached hydrogens (tertiary/aromatic N) is 1. The lowest BCUT2D eigenvalue weighted by Gasteiger charge is -2.12. The Morgan fingerprint density at radius 2 is 1.79 bits per heavy atom. The van der Waals surface area contributed by atoms with Crippen molar-refractivity contribution in [1.29, 1.82) is 0 Å². The molecule has 0 aliphatic heterocycles. The molecule has 0 aliphatic carbocycles. The molecule has 0 radical (unpaired) electrons. The summed E-state index contributed by atoms with van der Waals surface area (Å²) in [4.78, 5) is 11.8. The molecule has 0 amide bonds. The molecule has 2 N–H and O–H groups in total. The third-order valence-corrected chi connectivity index (χ3v) is 7.24. The van der Waals surface area contributed by atoms with E-state index in [0.29, 0.717) is 28.9 Å². The molecule has 1 aromatic heterocycles. The summed E-state index contributed by atoms with van der Waals surface area (Å²) in [6.07, 6.45) is -0.742. The summed E-state index contributed by atoms with van der Waals surface area (Å²) in [6.45, 7) is 0.138. The fourth-order valence-corrected chi connectivity index (χ4v) is 5.30. The van der Waals surface area contributed by atoms with Gasteiger partial charge < -0.3 is 9.84 Å². The van der Waals surface area contributed by atoms with E-state index in [0.717, 1.165) is 15.5 Å². The minimum absolute atomic E-state index is 0.0431. The van der Waals surface area contributed by atoms with Crippen LogP contribution in [0.25, 0.3) is 22.2 Å².